The molecular weight excluding hydrogens is 340 g/mol. The number of amides is 2. The van der Waals surface area contributed by atoms with Gasteiger partial charge in [-0.1, -0.05) is 35.9 Å². The third kappa shape index (κ3) is 5.84. The number of likely N-dealkylation sites (N-methyl/N-ethyl adjacent to an activating group) is 1. The Bertz CT molecular complexity index is 779. The molecule has 2 amide bonds. The van der Waals surface area contributed by atoms with E-state index in [0.29, 0.717) is 12.3 Å². The van der Waals surface area contributed by atoms with Crippen LogP contribution in [0.4, 0.5) is 0 Å². The smallest absolute Gasteiger partial charge is 0.261 e. The lowest BCUT2D eigenvalue weighted by atomic mass is 10.1. The first-order chi connectivity index (χ1) is 12.8. The highest BCUT2D eigenvalue weighted by Crippen LogP contribution is 2.17. The molecule has 5 heteroatoms. The summed E-state index contributed by atoms with van der Waals surface area (Å²) in [4.78, 5) is 26.5. The monoisotopic (exact) mass is 368 g/mol. The fourth-order valence-electron chi connectivity index (χ4n) is 2.93. The topological polar surface area (TPSA) is 58.6 Å². The fourth-order valence-corrected chi connectivity index (χ4v) is 2.93. The number of carbonyl (C=O) groups is 2. The van der Waals surface area contributed by atoms with Gasteiger partial charge in [-0.15, -0.1) is 0 Å². The molecule has 0 saturated carbocycles. The standard InChI is InChI=1S/C22H28N2O3/c1-15-6-8-19(9-7-15)13-24(18(4)22(26)23-5)21(25)14-27-20-11-16(2)10-17(3)12-20/h6-12,18H,13-14H2,1-5H3,(H,23,26)/t18-/m0/s1. The van der Waals surface area contributed by atoms with Crippen molar-refractivity contribution in [3.05, 3.63) is 64.7 Å². The number of nitrogens with zero attached hydrogens (tertiary/aromatic N) is 1. The van der Waals surface area contributed by atoms with E-state index in [9.17, 15) is 9.59 Å². The third-order valence-electron chi connectivity index (χ3n) is 4.44. The van der Waals surface area contributed by atoms with E-state index in [1.54, 1.807) is 18.9 Å². The second-order valence-corrected chi connectivity index (χ2v) is 6.91. The van der Waals surface area contributed by atoms with Crippen molar-refractivity contribution in [1.82, 2.24) is 10.2 Å². The van der Waals surface area contributed by atoms with Crippen LogP contribution in [0.3, 0.4) is 0 Å². The number of ether oxygens (including phenoxy) is 1. The van der Waals surface area contributed by atoms with Crippen molar-refractivity contribution in [2.75, 3.05) is 13.7 Å². The van der Waals surface area contributed by atoms with E-state index in [-0.39, 0.29) is 18.4 Å². The molecule has 2 aromatic rings. The Labute approximate surface area is 161 Å². The zero-order valence-electron chi connectivity index (χ0n) is 16.7. The van der Waals surface area contributed by atoms with Gasteiger partial charge in [-0.05, 0) is 56.5 Å². The average molecular weight is 368 g/mol. The number of hydrogen-bond donors (Lipinski definition) is 1. The Morgan fingerprint density at radius 2 is 1.59 bits per heavy atom. The van der Waals surface area contributed by atoms with Gasteiger partial charge in [-0.3, -0.25) is 9.59 Å². The maximum Gasteiger partial charge on any atom is 0.261 e. The molecule has 0 bridgehead atoms. The highest BCUT2D eigenvalue weighted by molar-refractivity contribution is 5.87. The molecule has 0 aromatic heterocycles. The summed E-state index contributed by atoms with van der Waals surface area (Å²) in [5.74, 6) is 0.219. The predicted octanol–water partition coefficient (Wildman–Crippen LogP) is 3.15. The molecule has 1 N–H and O–H groups in total. The largest absolute Gasteiger partial charge is 0.484 e. The summed E-state index contributed by atoms with van der Waals surface area (Å²) in [5.41, 5.74) is 4.27. The molecule has 0 radical (unpaired) electrons. The molecule has 0 aliphatic carbocycles. The predicted molar refractivity (Wildman–Crippen MR) is 107 cm³/mol. The molecule has 0 aliphatic rings. The minimum absolute atomic E-state index is 0.115. The first-order valence-corrected chi connectivity index (χ1v) is 9.08. The molecule has 0 heterocycles. The van der Waals surface area contributed by atoms with E-state index in [4.69, 9.17) is 4.74 Å². The summed E-state index contributed by atoms with van der Waals surface area (Å²) in [6.45, 7) is 7.94. The van der Waals surface area contributed by atoms with E-state index in [1.807, 2.05) is 63.2 Å². The lowest BCUT2D eigenvalue weighted by Gasteiger charge is -2.28. The second-order valence-electron chi connectivity index (χ2n) is 6.91. The summed E-state index contributed by atoms with van der Waals surface area (Å²) in [5, 5.41) is 2.61. The fraction of sp³-hybridized carbons (Fsp3) is 0.364. The number of rotatable bonds is 7. The molecule has 0 fully saturated rings. The van der Waals surface area contributed by atoms with Gasteiger partial charge in [0.15, 0.2) is 6.61 Å². The molecule has 5 nitrogen and oxygen atoms in total. The average Bonchev–Trinajstić information content (AvgIpc) is 2.63. The van der Waals surface area contributed by atoms with Gasteiger partial charge in [-0.2, -0.15) is 0 Å². The maximum atomic E-state index is 12.8. The zero-order chi connectivity index (χ0) is 20.0. The van der Waals surface area contributed by atoms with Gasteiger partial charge in [-0.25, -0.2) is 0 Å². The first-order valence-electron chi connectivity index (χ1n) is 9.08. The maximum absolute atomic E-state index is 12.8. The quantitative estimate of drug-likeness (QED) is 0.817. The Balaban J connectivity index is 2.14. The van der Waals surface area contributed by atoms with Crippen LogP contribution in [0.5, 0.6) is 5.75 Å². The molecular formula is C22H28N2O3. The lowest BCUT2D eigenvalue weighted by molar-refractivity contribution is -0.142. The van der Waals surface area contributed by atoms with Gasteiger partial charge in [0, 0.05) is 13.6 Å². The van der Waals surface area contributed by atoms with Crippen molar-refractivity contribution in [1.29, 1.82) is 0 Å². The molecule has 0 spiro atoms. The van der Waals surface area contributed by atoms with E-state index in [1.165, 1.54) is 0 Å². The minimum atomic E-state index is -0.591. The number of aryl methyl sites for hydroxylation is 3. The SMILES string of the molecule is CNC(=O)[C@H](C)N(Cc1ccc(C)cc1)C(=O)COc1cc(C)cc(C)c1. The number of benzene rings is 2. The van der Waals surface area contributed by atoms with Crippen molar-refractivity contribution in [2.45, 2.75) is 40.3 Å². The van der Waals surface area contributed by atoms with Crippen LogP contribution in [0, 0.1) is 20.8 Å². The number of nitrogens with one attached hydrogen (secondary N) is 1. The van der Waals surface area contributed by atoms with Crippen LogP contribution in [0.25, 0.3) is 0 Å². The van der Waals surface area contributed by atoms with Crippen LogP contribution in [0.1, 0.15) is 29.2 Å². The van der Waals surface area contributed by atoms with Crippen LogP contribution in [0.15, 0.2) is 42.5 Å². The van der Waals surface area contributed by atoms with Crippen molar-refractivity contribution in [3.63, 3.8) is 0 Å². The lowest BCUT2D eigenvalue weighted by Crippen LogP contribution is -2.48. The van der Waals surface area contributed by atoms with Crippen LogP contribution in [0.2, 0.25) is 0 Å². The third-order valence-corrected chi connectivity index (χ3v) is 4.44. The van der Waals surface area contributed by atoms with E-state index < -0.39 is 6.04 Å². The van der Waals surface area contributed by atoms with Gasteiger partial charge in [0.25, 0.3) is 5.91 Å². The highest BCUT2D eigenvalue weighted by atomic mass is 16.5. The summed E-state index contributed by atoms with van der Waals surface area (Å²) in [7, 11) is 1.57. The molecule has 27 heavy (non-hydrogen) atoms. The van der Waals surface area contributed by atoms with Gasteiger partial charge >= 0.3 is 0 Å². The molecule has 0 saturated heterocycles. The van der Waals surface area contributed by atoms with Gasteiger partial charge in [0.2, 0.25) is 5.91 Å². The number of hydrogen-bond acceptors (Lipinski definition) is 3. The minimum Gasteiger partial charge on any atom is -0.484 e. The summed E-state index contributed by atoms with van der Waals surface area (Å²) >= 11 is 0. The zero-order valence-corrected chi connectivity index (χ0v) is 16.7. The molecule has 144 valence electrons. The van der Waals surface area contributed by atoms with Crippen molar-refractivity contribution in [3.8, 4) is 5.75 Å². The van der Waals surface area contributed by atoms with E-state index >= 15 is 0 Å². The highest BCUT2D eigenvalue weighted by Gasteiger charge is 2.25. The van der Waals surface area contributed by atoms with Crippen molar-refractivity contribution < 1.29 is 14.3 Å². The number of carbonyl (C=O) groups excluding carboxylic acids is 2. The second kappa shape index (κ2) is 9.21. The van der Waals surface area contributed by atoms with E-state index in [2.05, 4.69) is 5.32 Å². The Morgan fingerprint density at radius 1 is 1.00 bits per heavy atom. The molecule has 0 aliphatic heterocycles. The Kier molecular flexibility index (Phi) is 6.99. The Hall–Kier alpha value is -2.82. The molecule has 1 atom stereocenters. The van der Waals surface area contributed by atoms with Crippen molar-refractivity contribution in [2.24, 2.45) is 0 Å². The molecule has 2 aromatic carbocycles. The molecule has 0 unspecified atom stereocenters. The van der Waals surface area contributed by atoms with Gasteiger partial charge < -0.3 is 15.0 Å². The first kappa shape index (κ1) is 20.5. The molecule has 2 rings (SSSR count). The van der Waals surface area contributed by atoms with Crippen molar-refractivity contribution >= 4 is 11.8 Å². The summed E-state index contributed by atoms with van der Waals surface area (Å²) in [6, 6.07) is 13.2. The van der Waals surface area contributed by atoms with Gasteiger partial charge in [0.1, 0.15) is 11.8 Å². The van der Waals surface area contributed by atoms with Crippen LogP contribution < -0.4 is 10.1 Å². The van der Waals surface area contributed by atoms with E-state index in [0.717, 1.165) is 22.3 Å². The van der Waals surface area contributed by atoms with Gasteiger partial charge in [0.05, 0.1) is 0 Å². The normalized spacial score (nSPS) is 11.6. The van der Waals surface area contributed by atoms with Crippen LogP contribution >= 0.6 is 0 Å². The van der Waals surface area contributed by atoms with Crippen LogP contribution in [-0.4, -0.2) is 36.4 Å². The Morgan fingerprint density at radius 3 is 2.15 bits per heavy atom. The summed E-state index contributed by atoms with van der Waals surface area (Å²) < 4.78 is 5.71. The van der Waals surface area contributed by atoms with Crippen LogP contribution in [-0.2, 0) is 16.1 Å². The summed E-state index contributed by atoms with van der Waals surface area (Å²) in [6.07, 6.45) is 0.